The molecule has 0 saturated carbocycles. The second-order valence-corrected chi connectivity index (χ2v) is 6.45. The van der Waals surface area contributed by atoms with Crippen molar-refractivity contribution in [3.05, 3.63) is 40.2 Å². The number of non-ortho nitro benzene ring substituents is 1. The Balaban J connectivity index is 1.59. The van der Waals surface area contributed by atoms with Crippen molar-refractivity contribution in [3.8, 4) is 0 Å². The van der Waals surface area contributed by atoms with E-state index in [-0.39, 0.29) is 17.3 Å². The summed E-state index contributed by atoms with van der Waals surface area (Å²) in [5, 5.41) is 22.5. The summed E-state index contributed by atoms with van der Waals surface area (Å²) in [6.07, 6.45) is 4.32. The van der Waals surface area contributed by atoms with Crippen LogP contribution in [-0.4, -0.2) is 31.3 Å². The normalized spacial score (nSPS) is 13.8. The first kappa shape index (κ1) is 16.4. The van der Waals surface area contributed by atoms with E-state index in [9.17, 15) is 14.9 Å². The van der Waals surface area contributed by atoms with Crippen molar-refractivity contribution in [2.24, 2.45) is 0 Å². The van der Waals surface area contributed by atoms with Gasteiger partial charge in [0, 0.05) is 30.8 Å². The van der Waals surface area contributed by atoms with Gasteiger partial charge in [0.2, 0.25) is 5.91 Å². The molecule has 1 aromatic carbocycles. The van der Waals surface area contributed by atoms with Crippen molar-refractivity contribution in [1.29, 1.82) is 0 Å². The number of thioether (sulfide) groups is 1. The zero-order chi connectivity index (χ0) is 16.9. The molecule has 1 aromatic heterocycles. The summed E-state index contributed by atoms with van der Waals surface area (Å²) >= 11 is 1.33. The molecule has 1 amide bonds. The highest BCUT2D eigenvalue weighted by Gasteiger charge is 2.16. The van der Waals surface area contributed by atoms with E-state index in [0.29, 0.717) is 5.69 Å². The van der Waals surface area contributed by atoms with Crippen LogP contribution in [0.1, 0.15) is 25.1 Å². The van der Waals surface area contributed by atoms with Gasteiger partial charge in [-0.1, -0.05) is 24.2 Å². The lowest BCUT2D eigenvalue weighted by Crippen LogP contribution is -2.15. The summed E-state index contributed by atoms with van der Waals surface area (Å²) in [5.41, 5.74) is 0.359. The number of hydrogen-bond acceptors (Lipinski definition) is 6. The van der Waals surface area contributed by atoms with Crippen LogP contribution in [-0.2, 0) is 17.8 Å². The first-order chi connectivity index (χ1) is 11.6. The SMILES string of the molecule is O=C(CSc1nnc2n1CCCCC2)Nc1cccc([N+](=O)[O-])c1. The highest BCUT2D eigenvalue weighted by Crippen LogP contribution is 2.22. The number of aryl methyl sites for hydroxylation is 1. The first-order valence-electron chi connectivity index (χ1n) is 7.72. The molecule has 24 heavy (non-hydrogen) atoms. The van der Waals surface area contributed by atoms with Crippen molar-refractivity contribution in [2.75, 3.05) is 11.1 Å². The molecule has 1 aliphatic heterocycles. The van der Waals surface area contributed by atoms with Gasteiger partial charge in [0.15, 0.2) is 5.16 Å². The van der Waals surface area contributed by atoms with Gasteiger partial charge in [-0.3, -0.25) is 14.9 Å². The number of nitro benzene ring substituents is 1. The van der Waals surface area contributed by atoms with E-state index in [1.54, 1.807) is 12.1 Å². The summed E-state index contributed by atoms with van der Waals surface area (Å²) in [7, 11) is 0. The largest absolute Gasteiger partial charge is 0.325 e. The molecule has 2 aromatic rings. The van der Waals surface area contributed by atoms with Crippen molar-refractivity contribution in [1.82, 2.24) is 14.8 Å². The van der Waals surface area contributed by atoms with Crippen LogP contribution in [0.25, 0.3) is 0 Å². The molecule has 2 heterocycles. The Bertz CT molecular complexity index is 761. The molecule has 0 bridgehead atoms. The van der Waals surface area contributed by atoms with Gasteiger partial charge in [0.05, 0.1) is 10.7 Å². The minimum atomic E-state index is -0.490. The number of nitrogens with zero attached hydrogens (tertiary/aromatic N) is 4. The summed E-state index contributed by atoms with van der Waals surface area (Å²) < 4.78 is 2.08. The van der Waals surface area contributed by atoms with Crippen LogP contribution in [0, 0.1) is 10.1 Å². The third-order valence-corrected chi connectivity index (χ3v) is 4.72. The number of carbonyl (C=O) groups excluding carboxylic acids is 1. The van der Waals surface area contributed by atoms with Crippen LogP contribution in [0.2, 0.25) is 0 Å². The molecule has 0 aliphatic carbocycles. The van der Waals surface area contributed by atoms with Gasteiger partial charge in [0.1, 0.15) is 5.82 Å². The second kappa shape index (κ2) is 7.43. The number of carbonyl (C=O) groups is 1. The van der Waals surface area contributed by atoms with Gasteiger partial charge in [0.25, 0.3) is 5.69 Å². The Morgan fingerprint density at radius 2 is 2.21 bits per heavy atom. The Kier molecular flexibility index (Phi) is 5.09. The fraction of sp³-hybridized carbons (Fsp3) is 0.400. The first-order valence-corrected chi connectivity index (χ1v) is 8.71. The quantitative estimate of drug-likeness (QED) is 0.507. The van der Waals surface area contributed by atoms with Gasteiger partial charge in [-0.2, -0.15) is 0 Å². The zero-order valence-corrected chi connectivity index (χ0v) is 13.8. The van der Waals surface area contributed by atoms with Crippen LogP contribution in [0.5, 0.6) is 0 Å². The molecule has 3 rings (SSSR count). The highest BCUT2D eigenvalue weighted by molar-refractivity contribution is 7.99. The molecule has 126 valence electrons. The third kappa shape index (κ3) is 3.91. The number of nitrogens with one attached hydrogen (secondary N) is 1. The number of nitro groups is 1. The Morgan fingerprint density at radius 3 is 3.04 bits per heavy atom. The predicted octanol–water partition coefficient (Wildman–Crippen LogP) is 2.64. The maximum absolute atomic E-state index is 12.1. The number of aromatic nitrogens is 3. The van der Waals surface area contributed by atoms with Crippen LogP contribution in [0.3, 0.4) is 0 Å². The summed E-state index contributed by atoms with van der Waals surface area (Å²) in [6.45, 7) is 0.886. The monoisotopic (exact) mass is 347 g/mol. The van der Waals surface area contributed by atoms with Crippen LogP contribution in [0.4, 0.5) is 11.4 Å². The lowest BCUT2D eigenvalue weighted by atomic mass is 10.2. The molecular weight excluding hydrogens is 330 g/mol. The van der Waals surface area contributed by atoms with E-state index in [1.807, 2.05) is 0 Å². The lowest BCUT2D eigenvalue weighted by Gasteiger charge is -2.07. The summed E-state index contributed by atoms with van der Waals surface area (Å²) in [4.78, 5) is 22.3. The molecule has 0 unspecified atom stereocenters. The predicted molar refractivity (Wildman–Crippen MR) is 90.0 cm³/mol. The van der Waals surface area contributed by atoms with Crippen LogP contribution in [0.15, 0.2) is 29.4 Å². The van der Waals surface area contributed by atoms with Gasteiger partial charge < -0.3 is 9.88 Å². The van der Waals surface area contributed by atoms with E-state index < -0.39 is 4.92 Å². The van der Waals surface area contributed by atoms with E-state index in [1.165, 1.54) is 30.3 Å². The van der Waals surface area contributed by atoms with Crippen molar-refractivity contribution < 1.29 is 9.72 Å². The van der Waals surface area contributed by atoms with Crippen molar-refractivity contribution in [2.45, 2.75) is 37.4 Å². The Labute approximate surface area is 142 Å². The average molecular weight is 347 g/mol. The van der Waals surface area contributed by atoms with E-state index in [2.05, 4.69) is 20.1 Å². The molecule has 1 N–H and O–H groups in total. The minimum absolute atomic E-state index is 0.0526. The molecule has 9 heteroatoms. The zero-order valence-electron chi connectivity index (χ0n) is 13.0. The number of fused-ring (bicyclic) bond motifs is 1. The summed E-state index contributed by atoms with van der Waals surface area (Å²) in [5.74, 6) is 0.932. The topological polar surface area (TPSA) is 103 Å². The summed E-state index contributed by atoms with van der Waals surface area (Å²) in [6, 6.07) is 5.89. The molecule has 8 nitrogen and oxygen atoms in total. The van der Waals surface area contributed by atoms with Gasteiger partial charge in [-0.15, -0.1) is 10.2 Å². The van der Waals surface area contributed by atoms with Gasteiger partial charge in [-0.25, -0.2) is 0 Å². The van der Waals surface area contributed by atoms with E-state index in [4.69, 9.17) is 0 Å². The molecule has 1 aliphatic rings. The van der Waals surface area contributed by atoms with Crippen molar-refractivity contribution >= 4 is 29.0 Å². The van der Waals surface area contributed by atoms with Crippen LogP contribution >= 0.6 is 11.8 Å². The minimum Gasteiger partial charge on any atom is -0.325 e. The average Bonchev–Trinajstić information content (AvgIpc) is 2.80. The highest BCUT2D eigenvalue weighted by atomic mass is 32.2. The number of anilines is 1. The lowest BCUT2D eigenvalue weighted by molar-refractivity contribution is -0.384. The number of rotatable bonds is 5. The number of hydrogen-bond donors (Lipinski definition) is 1. The maximum atomic E-state index is 12.1. The standard InChI is InChI=1S/C15H17N5O3S/c21-14(16-11-5-4-6-12(9-11)20(22)23)10-24-15-18-17-13-7-2-1-3-8-19(13)15/h4-6,9H,1-3,7-8,10H2,(H,16,21). The molecule has 0 atom stereocenters. The number of benzene rings is 1. The second-order valence-electron chi connectivity index (χ2n) is 5.51. The van der Waals surface area contributed by atoms with Crippen molar-refractivity contribution in [3.63, 3.8) is 0 Å². The van der Waals surface area contributed by atoms with Gasteiger partial charge >= 0.3 is 0 Å². The van der Waals surface area contributed by atoms with Gasteiger partial charge in [-0.05, 0) is 18.9 Å². The smallest absolute Gasteiger partial charge is 0.271 e. The van der Waals surface area contributed by atoms with E-state index in [0.717, 1.165) is 36.8 Å². The maximum Gasteiger partial charge on any atom is 0.271 e. The molecular formula is C15H17N5O3S. The fourth-order valence-electron chi connectivity index (χ4n) is 2.59. The molecule has 0 saturated heterocycles. The van der Waals surface area contributed by atoms with Crippen LogP contribution < -0.4 is 5.32 Å². The Hall–Kier alpha value is -2.42. The molecule has 0 fully saturated rings. The van der Waals surface area contributed by atoms with E-state index >= 15 is 0 Å². The Morgan fingerprint density at radius 1 is 1.33 bits per heavy atom. The fourth-order valence-corrected chi connectivity index (χ4v) is 3.37. The molecule has 0 spiro atoms. The number of amides is 1. The molecule has 0 radical (unpaired) electrons. The third-order valence-electron chi connectivity index (χ3n) is 3.75.